The number of amides is 1. The van der Waals surface area contributed by atoms with Crippen LogP contribution in [0.3, 0.4) is 0 Å². The second-order valence-electron chi connectivity index (χ2n) is 5.08. The zero-order valence-corrected chi connectivity index (χ0v) is 11.1. The van der Waals surface area contributed by atoms with E-state index in [0.717, 1.165) is 24.9 Å². The van der Waals surface area contributed by atoms with Crippen LogP contribution in [0.15, 0.2) is 24.3 Å². The number of carbonyl (C=O) groups is 1. The Bertz CT molecular complexity index is 399. The van der Waals surface area contributed by atoms with Crippen molar-refractivity contribution in [3.63, 3.8) is 0 Å². The average Bonchev–Trinajstić information content (AvgIpc) is 2.42. The molecule has 1 aromatic carbocycles. The van der Waals surface area contributed by atoms with Crippen molar-refractivity contribution in [2.75, 3.05) is 13.1 Å². The SMILES string of the molecule is O=C(CC1CCCCN1)NCCc1ccc(F)cc1. The van der Waals surface area contributed by atoms with Crippen molar-refractivity contribution >= 4 is 5.91 Å². The summed E-state index contributed by atoms with van der Waals surface area (Å²) in [7, 11) is 0. The smallest absolute Gasteiger partial charge is 0.221 e. The molecule has 1 atom stereocenters. The molecule has 0 radical (unpaired) electrons. The summed E-state index contributed by atoms with van der Waals surface area (Å²) in [6, 6.07) is 6.74. The summed E-state index contributed by atoms with van der Waals surface area (Å²) in [6.45, 7) is 1.63. The number of nitrogens with one attached hydrogen (secondary N) is 2. The van der Waals surface area contributed by atoms with E-state index in [1.165, 1.54) is 25.0 Å². The largest absolute Gasteiger partial charge is 0.356 e. The number of hydrogen-bond acceptors (Lipinski definition) is 2. The molecule has 19 heavy (non-hydrogen) atoms. The lowest BCUT2D eigenvalue weighted by atomic mass is 10.0. The summed E-state index contributed by atoms with van der Waals surface area (Å²) >= 11 is 0. The second kappa shape index (κ2) is 7.24. The lowest BCUT2D eigenvalue weighted by molar-refractivity contribution is -0.121. The molecule has 1 fully saturated rings. The number of benzene rings is 1. The fourth-order valence-electron chi connectivity index (χ4n) is 2.39. The van der Waals surface area contributed by atoms with Gasteiger partial charge < -0.3 is 10.6 Å². The highest BCUT2D eigenvalue weighted by atomic mass is 19.1. The van der Waals surface area contributed by atoms with Crippen LogP contribution in [-0.2, 0) is 11.2 Å². The van der Waals surface area contributed by atoms with E-state index in [-0.39, 0.29) is 11.7 Å². The van der Waals surface area contributed by atoms with Gasteiger partial charge in [-0.15, -0.1) is 0 Å². The summed E-state index contributed by atoms with van der Waals surface area (Å²) < 4.78 is 12.7. The van der Waals surface area contributed by atoms with Crippen LogP contribution in [0.4, 0.5) is 4.39 Å². The van der Waals surface area contributed by atoms with Crippen molar-refractivity contribution in [1.29, 1.82) is 0 Å². The van der Waals surface area contributed by atoms with Gasteiger partial charge in [0.1, 0.15) is 5.82 Å². The minimum absolute atomic E-state index is 0.0986. The molecule has 0 saturated carbocycles. The van der Waals surface area contributed by atoms with E-state index in [1.54, 1.807) is 12.1 Å². The van der Waals surface area contributed by atoms with Crippen molar-refractivity contribution in [2.45, 2.75) is 38.1 Å². The van der Waals surface area contributed by atoms with E-state index < -0.39 is 0 Å². The monoisotopic (exact) mass is 264 g/mol. The van der Waals surface area contributed by atoms with Gasteiger partial charge in [0, 0.05) is 19.0 Å². The normalized spacial score (nSPS) is 19.1. The zero-order valence-electron chi connectivity index (χ0n) is 11.1. The van der Waals surface area contributed by atoms with E-state index in [9.17, 15) is 9.18 Å². The predicted molar refractivity (Wildman–Crippen MR) is 73.4 cm³/mol. The quantitative estimate of drug-likeness (QED) is 0.854. The first-order chi connectivity index (χ1) is 9.24. The van der Waals surface area contributed by atoms with E-state index >= 15 is 0 Å². The zero-order chi connectivity index (χ0) is 13.5. The maximum atomic E-state index is 12.7. The van der Waals surface area contributed by atoms with Crippen molar-refractivity contribution in [3.05, 3.63) is 35.6 Å². The van der Waals surface area contributed by atoms with Crippen LogP contribution in [0, 0.1) is 5.82 Å². The molecular formula is C15H21FN2O. The number of piperidine rings is 1. The lowest BCUT2D eigenvalue weighted by Gasteiger charge is -2.22. The van der Waals surface area contributed by atoms with E-state index in [0.29, 0.717) is 19.0 Å². The van der Waals surface area contributed by atoms with Crippen LogP contribution in [0.2, 0.25) is 0 Å². The Kier molecular flexibility index (Phi) is 5.33. The Morgan fingerprint density at radius 3 is 2.79 bits per heavy atom. The highest BCUT2D eigenvalue weighted by Crippen LogP contribution is 2.09. The number of hydrogen-bond donors (Lipinski definition) is 2. The summed E-state index contributed by atoms with van der Waals surface area (Å²) in [5.74, 6) is -0.127. The minimum atomic E-state index is -0.226. The molecule has 1 aliphatic heterocycles. The molecule has 2 rings (SSSR count). The maximum absolute atomic E-state index is 12.7. The fourth-order valence-corrected chi connectivity index (χ4v) is 2.39. The summed E-state index contributed by atoms with van der Waals surface area (Å²) in [6.07, 6.45) is 4.81. The van der Waals surface area contributed by atoms with E-state index in [2.05, 4.69) is 10.6 Å². The fraction of sp³-hybridized carbons (Fsp3) is 0.533. The molecule has 1 amide bonds. The summed E-state index contributed by atoms with van der Waals surface area (Å²) in [5, 5.41) is 6.28. The van der Waals surface area contributed by atoms with Gasteiger partial charge in [-0.2, -0.15) is 0 Å². The number of carbonyl (C=O) groups excluding carboxylic acids is 1. The second-order valence-corrected chi connectivity index (χ2v) is 5.08. The van der Waals surface area contributed by atoms with Crippen molar-refractivity contribution in [2.24, 2.45) is 0 Å². The van der Waals surface area contributed by atoms with Crippen LogP contribution >= 0.6 is 0 Å². The van der Waals surface area contributed by atoms with Gasteiger partial charge in [0.25, 0.3) is 0 Å². The first-order valence-corrected chi connectivity index (χ1v) is 6.98. The molecule has 1 aliphatic rings. The Morgan fingerprint density at radius 1 is 1.32 bits per heavy atom. The molecule has 104 valence electrons. The molecule has 4 heteroatoms. The van der Waals surface area contributed by atoms with Crippen LogP contribution in [0.1, 0.15) is 31.2 Å². The van der Waals surface area contributed by atoms with Crippen LogP contribution in [0.25, 0.3) is 0 Å². The Morgan fingerprint density at radius 2 is 2.11 bits per heavy atom. The lowest BCUT2D eigenvalue weighted by Crippen LogP contribution is -2.39. The predicted octanol–water partition coefficient (Wildman–Crippen LogP) is 2.02. The minimum Gasteiger partial charge on any atom is -0.356 e. The highest BCUT2D eigenvalue weighted by Gasteiger charge is 2.15. The van der Waals surface area contributed by atoms with Crippen LogP contribution < -0.4 is 10.6 Å². The van der Waals surface area contributed by atoms with Crippen molar-refractivity contribution < 1.29 is 9.18 Å². The topological polar surface area (TPSA) is 41.1 Å². The van der Waals surface area contributed by atoms with Crippen LogP contribution in [-0.4, -0.2) is 25.0 Å². The summed E-state index contributed by atoms with van der Waals surface area (Å²) in [4.78, 5) is 11.7. The third-order valence-electron chi connectivity index (χ3n) is 3.49. The van der Waals surface area contributed by atoms with Gasteiger partial charge in [0.05, 0.1) is 0 Å². The molecule has 0 aliphatic carbocycles. The molecular weight excluding hydrogens is 243 g/mol. The molecule has 2 N–H and O–H groups in total. The van der Waals surface area contributed by atoms with Crippen molar-refractivity contribution in [3.8, 4) is 0 Å². The third kappa shape index (κ3) is 4.99. The molecule has 0 aromatic heterocycles. The number of halogens is 1. The van der Waals surface area contributed by atoms with E-state index in [1.807, 2.05) is 0 Å². The van der Waals surface area contributed by atoms with Crippen LogP contribution in [0.5, 0.6) is 0 Å². The first-order valence-electron chi connectivity index (χ1n) is 6.98. The van der Waals surface area contributed by atoms with Gasteiger partial charge in [-0.3, -0.25) is 4.79 Å². The Labute approximate surface area is 113 Å². The van der Waals surface area contributed by atoms with E-state index in [4.69, 9.17) is 0 Å². The third-order valence-corrected chi connectivity index (χ3v) is 3.49. The van der Waals surface area contributed by atoms with Gasteiger partial charge in [-0.25, -0.2) is 4.39 Å². The van der Waals surface area contributed by atoms with Crippen molar-refractivity contribution in [1.82, 2.24) is 10.6 Å². The standard InChI is InChI=1S/C15H21FN2O/c16-13-6-4-12(5-7-13)8-10-18-15(19)11-14-3-1-2-9-17-14/h4-7,14,17H,1-3,8-11H2,(H,18,19). The van der Waals surface area contributed by atoms with Gasteiger partial charge in [0.2, 0.25) is 5.91 Å². The maximum Gasteiger partial charge on any atom is 0.221 e. The van der Waals surface area contributed by atoms with Gasteiger partial charge in [0.15, 0.2) is 0 Å². The molecule has 0 bridgehead atoms. The molecule has 3 nitrogen and oxygen atoms in total. The Hall–Kier alpha value is -1.42. The molecule has 1 heterocycles. The molecule has 1 aromatic rings. The van der Waals surface area contributed by atoms with Gasteiger partial charge >= 0.3 is 0 Å². The number of rotatable bonds is 5. The Balaban J connectivity index is 1.64. The average molecular weight is 264 g/mol. The van der Waals surface area contributed by atoms with Gasteiger partial charge in [-0.05, 0) is 43.5 Å². The first kappa shape index (κ1) is 14.0. The molecule has 0 spiro atoms. The summed E-state index contributed by atoms with van der Waals surface area (Å²) in [5.41, 5.74) is 1.04. The van der Waals surface area contributed by atoms with Gasteiger partial charge in [-0.1, -0.05) is 18.6 Å². The molecule has 1 unspecified atom stereocenters. The highest BCUT2D eigenvalue weighted by molar-refractivity contribution is 5.76. The molecule has 1 saturated heterocycles.